The molecule has 0 saturated carbocycles. The molecule has 1 fully saturated rings. The van der Waals surface area contributed by atoms with Gasteiger partial charge in [-0.15, -0.1) is 0 Å². The van der Waals surface area contributed by atoms with Crippen LogP contribution in [0.4, 0.5) is 11.4 Å². The first-order valence-electron chi connectivity index (χ1n) is 9.03. The van der Waals surface area contributed by atoms with Gasteiger partial charge in [-0.1, -0.05) is 24.3 Å². The smallest absolute Gasteiger partial charge is 0.270 e. The van der Waals surface area contributed by atoms with E-state index in [9.17, 15) is 14.9 Å². The van der Waals surface area contributed by atoms with Gasteiger partial charge in [-0.2, -0.15) is 0 Å². The molecule has 0 radical (unpaired) electrons. The molecule has 26 heavy (non-hydrogen) atoms. The van der Waals surface area contributed by atoms with Crippen LogP contribution in [0.1, 0.15) is 34.3 Å². The molecule has 0 N–H and O–H groups in total. The number of anilines is 1. The Morgan fingerprint density at radius 2 is 1.73 bits per heavy atom. The van der Waals surface area contributed by atoms with Crippen molar-refractivity contribution in [3.8, 4) is 0 Å². The second-order valence-corrected chi connectivity index (χ2v) is 6.90. The summed E-state index contributed by atoms with van der Waals surface area (Å²) in [6, 6.07) is 12.8. The maximum Gasteiger partial charge on any atom is 0.270 e. The normalized spacial score (nSPS) is 16.5. The molecule has 0 aliphatic carbocycles. The Labute approximate surface area is 152 Å². The fourth-order valence-corrected chi connectivity index (χ4v) is 3.88. The van der Waals surface area contributed by atoms with Crippen molar-refractivity contribution in [2.45, 2.75) is 25.8 Å². The summed E-state index contributed by atoms with van der Waals surface area (Å²) < 4.78 is 0. The van der Waals surface area contributed by atoms with Crippen LogP contribution in [-0.2, 0) is 13.0 Å². The Kier molecular flexibility index (Phi) is 4.32. The summed E-state index contributed by atoms with van der Waals surface area (Å²) in [5.74, 6) is -0.120. The van der Waals surface area contributed by atoms with Crippen LogP contribution < -0.4 is 4.90 Å². The van der Waals surface area contributed by atoms with Crippen molar-refractivity contribution < 1.29 is 9.72 Å². The van der Waals surface area contributed by atoms with Crippen molar-refractivity contribution in [2.24, 2.45) is 0 Å². The van der Waals surface area contributed by atoms with Crippen molar-refractivity contribution in [3.05, 3.63) is 69.3 Å². The number of amides is 1. The highest BCUT2D eigenvalue weighted by Gasteiger charge is 2.27. The van der Waals surface area contributed by atoms with Crippen molar-refractivity contribution >= 4 is 17.3 Å². The van der Waals surface area contributed by atoms with E-state index < -0.39 is 4.92 Å². The van der Waals surface area contributed by atoms with E-state index >= 15 is 0 Å². The molecule has 1 amide bonds. The molecule has 1 saturated heterocycles. The molecule has 2 heterocycles. The second kappa shape index (κ2) is 6.78. The molecular formula is C20H21N3O3. The molecule has 2 aliphatic rings. The molecule has 0 unspecified atom stereocenters. The zero-order valence-electron chi connectivity index (χ0n) is 14.6. The molecule has 0 atom stereocenters. The average Bonchev–Trinajstić information content (AvgIpc) is 3.21. The number of nitro groups is 1. The van der Waals surface area contributed by atoms with Gasteiger partial charge >= 0.3 is 0 Å². The number of carbonyl (C=O) groups excluding carboxylic acids is 1. The predicted molar refractivity (Wildman–Crippen MR) is 99.4 cm³/mol. The number of nitro benzene ring substituents is 1. The summed E-state index contributed by atoms with van der Waals surface area (Å²) in [5.41, 5.74) is 3.65. The minimum Gasteiger partial charge on any atom is -0.371 e. The number of carbonyl (C=O) groups is 1. The maximum absolute atomic E-state index is 13.2. The van der Waals surface area contributed by atoms with Gasteiger partial charge in [0.05, 0.1) is 16.2 Å². The number of benzene rings is 2. The fraction of sp³-hybridized carbons (Fsp3) is 0.350. The van der Waals surface area contributed by atoms with Crippen LogP contribution in [0.25, 0.3) is 0 Å². The molecule has 2 aliphatic heterocycles. The third-order valence-corrected chi connectivity index (χ3v) is 5.29. The van der Waals surface area contributed by atoms with Crippen LogP contribution in [0.2, 0.25) is 0 Å². The van der Waals surface area contributed by atoms with Gasteiger partial charge in [0, 0.05) is 38.3 Å². The third kappa shape index (κ3) is 3.03. The Morgan fingerprint density at radius 1 is 1.00 bits per heavy atom. The van der Waals surface area contributed by atoms with Crippen LogP contribution in [0.3, 0.4) is 0 Å². The molecular weight excluding hydrogens is 330 g/mol. The quantitative estimate of drug-likeness (QED) is 0.628. The van der Waals surface area contributed by atoms with E-state index in [0.29, 0.717) is 18.7 Å². The Morgan fingerprint density at radius 3 is 2.46 bits per heavy atom. The molecule has 0 aromatic heterocycles. The lowest BCUT2D eigenvalue weighted by molar-refractivity contribution is -0.384. The van der Waals surface area contributed by atoms with Crippen LogP contribution in [0, 0.1) is 10.1 Å². The van der Waals surface area contributed by atoms with Gasteiger partial charge in [0.2, 0.25) is 0 Å². The first-order chi connectivity index (χ1) is 12.6. The van der Waals surface area contributed by atoms with Gasteiger partial charge in [0.15, 0.2) is 0 Å². The lowest BCUT2D eigenvalue weighted by Gasteiger charge is -2.30. The number of hydrogen-bond acceptors (Lipinski definition) is 4. The minimum absolute atomic E-state index is 0.0336. The minimum atomic E-state index is -0.434. The summed E-state index contributed by atoms with van der Waals surface area (Å²) in [7, 11) is 0. The Balaban J connectivity index is 1.68. The number of hydrogen-bond donors (Lipinski definition) is 0. The van der Waals surface area contributed by atoms with Gasteiger partial charge in [0.25, 0.3) is 11.6 Å². The Hall–Kier alpha value is -2.89. The number of fused-ring (bicyclic) bond motifs is 1. The van der Waals surface area contributed by atoms with Gasteiger partial charge < -0.3 is 9.80 Å². The third-order valence-electron chi connectivity index (χ3n) is 5.29. The van der Waals surface area contributed by atoms with Crippen molar-refractivity contribution in [3.63, 3.8) is 0 Å². The average molecular weight is 351 g/mol. The highest BCUT2D eigenvalue weighted by molar-refractivity contribution is 6.00. The maximum atomic E-state index is 13.2. The summed E-state index contributed by atoms with van der Waals surface area (Å²) in [4.78, 5) is 28.0. The van der Waals surface area contributed by atoms with Crippen LogP contribution >= 0.6 is 0 Å². The molecule has 6 heteroatoms. The molecule has 0 bridgehead atoms. The fourth-order valence-electron chi connectivity index (χ4n) is 3.88. The SMILES string of the molecule is O=C(c1cc([N+](=O)[O-])ccc1N1CCCC1)N1CCc2ccccc2C1. The van der Waals surface area contributed by atoms with Gasteiger partial charge in [-0.05, 0) is 36.5 Å². The number of rotatable bonds is 3. The molecule has 4 rings (SSSR count). The summed E-state index contributed by atoms with van der Waals surface area (Å²) >= 11 is 0. The van der Waals surface area contributed by atoms with E-state index in [4.69, 9.17) is 0 Å². The first-order valence-corrected chi connectivity index (χ1v) is 9.03. The van der Waals surface area contributed by atoms with Gasteiger partial charge in [0.1, 0.15) is 0 Å². The topological polar surface area (TPSA) is 66.7 Å². The van der Waals surface area contributed by atoms with E-state index in [0.717, 1.165) is 43.6 Å². The van der Waals surface area contributed by atoms with Gasteiger partial charge in [-0.3, -0.25) is 14.9 Å². The first kappa shape index (κ1) is 16.6. The van der Waals surface area contributed by atoms with Crippen LogP contribution in [-0.4, -0.2) is 35.4 Å². The van der Waals surface area contributed by atoms with Crippen molar-refractivity contribution in [1.29, 1.82) is 0 Å². The van der Waals surface area contributed by atoms with Crippen molar-refractivity contribution in [1.82, 2.24) is 4.90 Å². The van der Waals surface area contributed by atoms with Crippen LogP contribution in [0.5, 0.6) is 0 Å². The monoisotopic (exact) mass is 351 g/mol. The zero-order chi connectivity index (χ0) is 18.1. The second-order valence-electron chi connectivity index (χ2n) is 6.90. The van der Waals surface area contributed by atoms with E-state index in [1.54, 1.807) is 11.0 Å². The van der Waals surface area contributed by atoms with E-state index in [1.807, 2.05) is 18.2 Å². The largest absolute Gasteiger partial charge is 0.371 e. The van der Waals surface area contributed by atoms with E-state index in [2.05, 4.69) is 11.0 Å². The molecule has 0 spiro atoms. The molecule has 134 valence electrons. The predicted octanol–water partition coefficient (Wildman–Crippen LogP) is 3.39. The molecule has 6 nitrogen and oxygen atoms in total. The standard InChI is InChI=1S/C20H21N3O3/c24-20(22-12-9-15-5-1-2-6-16(15)14-22)18-13-17(23(25)26)7-8-19(18)21-10-3-4-11-21/h1-2,5-8,13H,3-4,9-12,14H2. The lowest BCUT2D eigenvalue weighted by atomic mass is 9.99. The highest BCUT2D eigenvalue weighted by atomic mass is 16.6. The lowest BCUT2D eigenvalue weighted by Crippen LogP contribution is -2.37. The summed E-state index contributed by atoms with van der Waals surface area (Å²) in [5, 5.41) is 11.2. The molecule has 2 aromatic rings. The zero-order valence-corrected chi connectivity index (χ0v) is 14.6. The highest BCUT2D eigenvalue weighted by Crippen LogP contribution is 2.30. The summed E-state index contributed by atoms with van der Waals surface area (Å²) in [6.07, 6.45) is 2.99. The summed E-state index contributed by atoms with van der Waals surface area (Å²) in [6.45, 7) is 2.97. The van der Waals surface area contributed by atoms with E-state index in [1.165, 1.54) is 17.7 Å². The number of nitrogens with zero attached hydrogens (tertiary/aromatic N) is 3. The van der Waals surface area contributed by atoms with Crippen molar-refractivity contribution in [2.75, 3.05) is 24.5 Å². The Bertz CT molecular complexity index is 859. The number of non-ortho nitro benzene ring substituents is 1. The van der Waals surface area contributed by atoms with Gasteiger partial charge in [-0.25, -0.2) is 0 Å². The van der Waals surface area contributed by atoms with Crippen LogP contribution in [0.15, 0.2) is 42.5 Å². The van der Waals surface area contributed by atoms with E-state index in [-0.39, 0.29) is 11.6 Å². The molecule has 2 aromatic carbocycles.